The molecule has 0 saturated heterocycles. The molecular formula is C22H24N2O3. The van der Waals surface area contributed by atoms with E-state index in [1.165, 1.54) is 0 Å². The number of pyridine rings is 1. The van der Waals surface area contributed by atoms with Crippen molar-refractivity contribution < 1.29 is 13.9 Å². The molecule has 0 aliphatic heterocycles. The van der Waals surface area contributed by atoms with E-state index in [-0.39, 0.29) is 5.91 Å². The highest BCUT2D eigenvalue weighted by atomic mass is 16.5. The van der Waals surface area contributed by atoms with Crippen LogP contribution in [-0.4, -0.2) is 18.0 Å². The maximum Gasteiger partial charge on any atom is 0.249 e. The minimum absolute atomic E-state index is 0.231. The monoisotopic (exact) mass is 364 g/mol. The number of hydrogen-bond acceptors (Lipinski definition) is 4. The number of nitrogens with zero attached hydrogens (tertiary/aromatic N) is 1. The van der Waals surface area contributed by atoms with E-state index in [4.69, 9.17) is 9.15 Å². The van der Waals surface area contributed by atoms with Gasteiger partial charge in [-0.1, -0.05) is 6.07 Å². The number of allylic oxidation sites excluding steroid dienone is 1. The molecule has 5 heteroatoms. The van der Waals surface area contributed by atoms with Gasteiger partial charge in [-0.3, -0.25) is 4.79 Å². The molecule has 2 heterocycles. The number of hydrogen-bond donors (Lipinski definition) is 1. The lowest BCUT2D eigenvalue weighted by atomic mass is 9.98. The first-order valence-electron chi connectivity index (χ1n) is 8.82. The van der Waals surface area contributed by atoms with Crippen LogP contribution in [0.5, 0.6) is 5.75 Å². The molecule has 5 nitrogen and oxygen atoms in total. The number of methoxy groups -OCH3 is 1. The highest BCUT2D eigenvalue weighted by Gasteiger charge is 2.18. The number of furan rings is 1. The Bertz CT molecular complexity index is 1060. The van der Waals surface area contributed by atoms with Crippen LogP contribution in [-0.2, 0) is 4.79 Å². The molecule has 27 heavy (non-hydrogen) atoms. The largest absolute Gasteiger partial charge is 0.496 e. The Kier molecular flexibility index (Phi) is 5.04. The van der Waals surface area contributed by atoms with E-state index in [0.29, 0.717) is 11.6 Å². The van der Waals surface area contributed by atoms with Crippen molar-refractivity contribution in [1.29, 1.82) is 0 Å². The molecule has 3 rings (SSSR count). The number of amides is 1. The first-order chi connectivity index (χ1) is 12.8. The summed E-state index contributed by atoms with van der Waals surface area (Å²) >= 11 is 0. The molecule has 0 radical (unpaired) electrons. The second kappa shape index (κ2) is 7.27. The molecule has 0 aliphatic carbocycles. The topological polar surface area (TPSA) is 64.4 Å². The minimum atomic E-state index is -0.231. The van der Waals surface area contributed by atoms with Gasteiger partial charge in [0.15, 0.2) is 0 Å². The van der Waals surface area contributed by atoms with Gasteiger partial charge in [-0.25, -0.2) is 4.98 Å². The van der Waals surface area contributed by atoms with Gasteiger partial charge >= 0.3 is 0 Å². The number of ether oxygens (including phenoxy) is 1. The summed E-state index contributed by atoms with van der Waals surface area (Å²) in [6, 6.07) is 7.53. The van der Waals surface area contributed by atoms with Crippen LogP contribution in [0.4, 0.5) is 5.82 Å². The van der Waals surface area contributed by atoms with E-state index in [0.717, 1.165) is 44.7 Å². The summed E-state index contributed by atoms with van der Waals surface area (Å²) in [7, 11) is 1.63. The molecule has 2 aromatic heterocycles. The van der Waals surface area contributed by atoms with Crippen molar-refractivity contribution in [3.63, 3.8) is 0 Å². The van der Waals surface area contributed by atoms with Crippen molar-refractivity contribution >= 4 is 28.3 Å². The Hall–Kier alpha value is -3.08. The zero-order valence-electron chi connectivity index (χ0n) is 16.6. The van der Waals surface area contributed by atoms with Crippen LogP contribution < -0.4 is 10.1 Å². The molecule has 0 bridgehead atoms. The zero-order valence-corrected chi connectivity index (χ0v) is 16.6. The predicted octanol–water partition coefficient (Wildman–Crippen LogP) is 5.11. The van der Waals surface area contributed by atoms with E-state index < -0.39 is 0 Å². The molecule has 0 unspecified atom stereocenters. The summed E-state index contributed by atoms with van der Waals surface area (Å²) in [5.41, 5.74) is 5.38. The normalized spacial score (nSPS) is 11.7. The summed E-state index contributed by atoms with van der Waals surface area (Å²) in [4.78, 5) is 16.7. The Morgan fingerprint density at radius 3 is 2.59 bits per heavy atom. The fourth-order valence-corrected chi connectivity index (χ4v) is 3.22. The Morgan fingerprint density at radius 2 is 1.93 bits per heavy atom. The number of aromatic nitrogens is 1. The van der Waals surface area contributed by atoms with E-state index in [1.54, 1.807) is 19.3 Å². The number of aryl methyl sites for hydroxylation is 4. The van der Waals surface area contributed by atoms with Gasteiger partial charge in [0.1, 0.15) is 22.9 Å². The molecule has 1 aromatic carbocycles. The highest BCUT2D eigenvalue weighted by molar-refractivity contribution is 6.04. The van der Waals surface area contributed by atoms with Crippen LogP contribution >= 0.6 is 0 Å². The van der Waals surface area contributed by atoms with Crippen LogP contribution in [0, 0.1) is 27.7 Å². The van der Waals surface area contributed by atoms with Crippen LogP contribution in [0.15, 0.2) is 34.8 Å². The highest BCUT2D eigenvalue weighted by Crippen LogP contribution is 2.38. The maximum atomic E-state index is 12.4. The van der Waals surface area contributed by atoms with Gasteiger partial charge in [0, 0.05) is 28.3 Å². The minimum Gasteiger partial charge on any atom is -0.496 e. The van der Waals surface area contributed by atoms with Crippen LogP contribution in [0.2, 0.25) is 0 Å². The SMILES string of the molecule is COc1c(/C(C)=C/C(=O)Nc2cccc(C)n2)cc2c(C)c(C)oc2c1C. The van der Waals surface area contributed by atoms with Gasteiger partial charge in [0.25, 0.3) is 0 Å². The van der Waals surface area contributed by atoms with Crippen LogP contribution in [0.25, 0.3) is 16.5 Å². The number of rotatable bonds is 4. The van der Waals surface area contributed by atoms with Gasteiger partial charge < -0.3 is 14.5 Å². The Labute approximate surface area is 159 Å². The molecular weight excluding hydrogens is 340 g/mol. The predicted molar refractivity (Wildman–Crippen MR) is 108 cm³/mol. The Balaban J connectivity index is 2.01. The van der Waals surface area contributed by atoms with Gasteiger partial charge in [0.05, 0.1) is 7.11 Å². The second-order valence-corrected chi connectivity index (χ2v) is 6.72. The lowest BCUT2D eigenvalue weighted by Crippen LogP contribution is -2.10. The molecule has 3 aromatic rings. The van der Waals surface area contributed by atoms with Crippen molar-refractivity contribution in [2.45, 2.75) is 34.6 Å². The smallest absolute Gasteiger partial charge is 0.249 e. The van der Waals surface area contributed by atoms with Gasteiger partial charge in [0.2, 0.25) is 5.91 Å². The fourth-order valence-electron chi connectivity index (χ4n) is 3.22. The molecule has 0 fully saturated rings. The number of nitrogens with one attached hydrogen (secondary N) is 1. The standard InChI is InChI=1S/C22H24N2O3/c1-12(10-20(25)24-19-9-7-8-13(2)23-19)17-11-18-14(3)16(5)27-22(18)15(4)21(17)26-6/h7-11H,1-6H3,(H,23,24,25)/b12-10+. The molecule has 1 N–H and O–H groups in total. The molecule has 0 spiro atoms. The van der Waals surface area contributed by atoms with Crippen molar-refractivity contribution in [2.24, 2.45) is 0 Å². The molecule has 0 saturated carbocycles. The lowest BCUT2D eigenvalue weighted by Gasteiger charge is -2.13. The van der Waals surface area contributed by atoms with Crippen molar-refractivity contribution in [3.8, 4) is 5.75 Å². The van der Waals surface area contributed by atoms with Crippen molar-refractivity contribution in [2.75, 3.05) is 12.4 Å². The first-order valence-corrected chi connectivity index (χ1v) is 8.82. The summed E-state index contributed by atoms with van der Waals surface area (Å²) in [5, 5.41) is 3.84. The number of fused-ring (bicyclic) bond motifs is 1. The molecule has 140 valence electrons. The summed E-state index contributed by atoms with van der Waals surface area (Å²) in [6.45, 7) is 9.73. The van der Waals surface area contributed by atoms with E-state index in [9.17, 15) is 4.79 Å². The second-order valence-electron chi connectivity index (χ2n) is 6.72. The quantitative estimate of drug-likeness (QED) is 0.653. The third-order valence-corrected chi connectivity index (χ3v) is 4.76. The number of anilines is 1. The van der Waals surface area contributed by atoms with E-state index in [1.807, 2.05) is 52.8 Å². The van der Waals surface area contributed by atoms with Crippen LogP contribution in [0.3, 0.4) is 0 Å². The zero-order chi connectivity index (χ0) is 19.7. The maximum absolute atomic E-state index is 12.4. The average molecular weight is 364 g/mol. The average Bonchev–Trinajstić information content (AvgIpc) is 2.90. The fraction of sp³-hybridized carbons (Fsp3) is 0.273. The summed E-state index contributed by atoms with van der Waals surface area (Å²) in [5.74, 6) is 1.90. The summed E-state index contributed by atoms with van der Waals surface area (Å²) in [6.07, 6.45) is 1.56. The Morgan fingerprint density at radius 1 is 1.19 bits per heavy atom. The number of carbonyl (C=O) groups excluding carboxylic acids is 1. The van der Waals surface area contributed by atoms with E-state index in [2.05, 4.69) is 10.3 Å². The number of carbonyl (C=O) groups is 1. The number of benzene rings is 1. The molecule has 1 amide bonds. The van der Waals surface area contributed by atoms with Gasteiger partial charge in [-0.15, -0.1) is 0 Å². The molecule has 0 atom stereocenters. The first kappa shape index (κ1) is 18.7. The van der Waals surface area contributed by atoms with Gasteiger partial charge in [-0.05, 0) is 64.0 Å². The van der Waals surface area contributed by atoms with Gasteiger partial charge in [-0.2, -0.15) is 0 Å². The van der Waals surface area contributed by atoms with Crippen LogP contribution in [0.1, 0.15) is 35.1 Å². The van der Waals surface area contributed by atoms with E-state index >= 15 is 0 Å². The van der Waals surface area contributed by atoms with Crippen molar-refractivity contribution in [1.82, 2.24) is 4.98 Å². The summed E-state index contributed by atoms with van der Waals surface area (Å²) < 4.78 is 11.5. The lowest BCUT2D eigenvalue weighted by molar-refractivity contribution is -0.111. The third-order valence-electron chi connectivity index (χ3n) is 4.76. The third kappa shape index (κ3) is 3.58. The molecule has 0 aliphatic rings. The van der Waals surface area contributed by atoms with Crippen molar-refractivity contribution in [3.05, 3.63) is 58.5 Å².